The first-order valence-electron chi connectivity index (χ1n) is 14.6. The van der Waals surface area contributed by atoms with Crippen LogP contribution >= 0.6 is 0 Å². The van der Waals surface area contributed by atoms with Gasteiger partial charge in [0.1, 0.15) is 30.0 Å². The number of ketones is 1. The molecule has 2 aliphatic heterocycles. The van der Waals surface area contributed by atoms with Crippen LogP contribution in [0, 0.1) is 40.4 Å². The highest BCUT2D eigenvalue weighted by Gasteiger charge is 2.84. The summed E-state index contributed by atoms with van der Waals surface area (Å²) in [5.74, 6) is -6.58. The summed E-state index contributed by atoms with van der Waals surface area (Å²) >= 11 is 0. The molecule has 0 unspecified atom stereocenters. The van der Waals surface area contributed by atoms with Crippen LogP contribution in [0.5, 0.6) is 0 Å². The third kappa shape index (κ3) is 3.77. The van der Waals surface area contributed by atoms with Crippen LogP contribution in [0.25, 0.3) is 0 Å². The molecule has 0 aromatic rings. The molecule has 228 valence electrons. The molecule has 41 heavy (non-hydrogen) atoms. The SMILES string of the molecule is CC[C@H](C)C(=O)O[C@@H]1[C@H]2C(C)=CC(=O)[C@@H](O)[C@]2(C)[C@H]2[C@@H](O)[C@@H](O)[C@@]3(C)OC[C@@]24[C@@H]1OC(=O)[C@H](OC(=O)[C@@H](C)CC)[C@@H]34. The van der Waals surface area contributed by atoms with E-state index in [-0.39, 0.29) is 6.61 Å². The minimum absolute atomic E-state index is 0.161. The second-order valence-electron chi connectivity index (χ2n) is 13.2. The molecule has 2 saturated heterocycles. The number of hydrogen-bond donors (Lipinski definition) is 3. The molecule has 14 atom stereocenters. The maximum Gasteiger partial charge on any atom is 0.348 e. The van der Waals surface area contributed by atoms with E-state index in [4.69, 9.17) is 18.9 Å². The molecule has 11 nitrogen and oxygen atoms in total. The van der Waals surface area contributed by atoms with E-state index in [0.717, 1.165) is 0 Å². The molecule has 11 heteroatoms. The first kappa shape index (κ1) is 30.1. The van der Waals surface area contributed by atoms with E-state index in [1.165, 1.54) is 6.08 Å². The summed E-state index contributed by atoms with van der Waals surface area (Å²) < 4.78 is 24.3. The summed E-state index contributed by atoms with van der Waals surface area (Å²) in [6, 6.07) is 0. The van der Waals surface area contributed by atoms with E-state index in [0.29, 0.717) is 18.4 Å². The third-order valence-corrected chi connectivity index (χ3v) is 11.2. The van der Waals surface area contributed by atoms with Crippen LogP contribution in [0.15, 0.2) is 11.6 Å². The second-order valence-corrected chi connectivity index (χ2v) is 13.2. The Morgan fingerprint density at radius 2 is 1.61 bits per heavy atom. The molecule has 0 amide bonds. The Bertz CT molecular complexity index is 1180. The molecule has 0 radical (unpaired) electrons. The molecule has 3 aliphatic carbocycles. The summed E-state index contributed by atoms with van der Waals surface area (Å²) in [4.78, 5) is 53.1. The Morgan fingerprint density at radius 3 is 2.20 bits per heavy atom. The van der Waals surface area contributed by atoms with Crippen molar-refractivity contribution < 1.29 is 53.4 Å². The lowest BCUT2D eigenvalue weighted by molar-refractivity contribution is -0.319. The number of rotatable bonds is 6. The Labute approximate surface area is 239 Å². The highest BCUT2D eigenvalue weighted by Crippen LogP contribution is 2.72. The van der Waals surface area contributed by atoms with Crippen molar-refractivity contribution in [2.24, 2.45) is 40.4 Å². The molecule has 0 aromatic carbocycles. The van der Waals surface area contributed by atoms with Crippen molar-refractivity contribution in [3.8, 4) is 0 Å². The van der Waals surface area contributed by atoms with Gasteiger partial charge < -0.3 is 34.3 Å². The zero-order chi connectivity index (χ0) is 30.4. The fraction of sp³-hybridized carbons (Fsp3) is 0.800. The van der Waals surface area contributed by atoms with Gasteiger partial charge in [-0.1, -0.05) is 40.2 Å². The van der Waals surface area contributed by atoms with E-state index < -0.39 is 106 Å². The van der Waals surface area contributed by atoms with Crippen LogP contribution in [0.1, 0.15) is 61.3 Å². The minimum atomic E-state index is -1.63. The number of carbonyl (C=O) groups is 4. The Hall–Kier alpha value is -2.34. The highest BCUT2D eigenvalue weighted by atomic mass is 16.6. The van der Waals surface area contributed by atoms with Gasteiger partial charge in [0.2, 0.25) is 6.10 Å². The largest absolute Gasteiger partial charge is 0.458 e. The molecule has 2 heterocycles. The topological polar surface area (TPSA) is 166 Å². The van der Waals surface area contributed by atoms with Gasteiger partial charge in [0.05, 0.1) is 35.9 Å². The molecule has 0 aromatic heterocycles. The average Bonchev–Trinajstić information content (AvgIpc) is 3.20. The van der Waals surface area contributed by atoms with Crippen LogP contribution in [-0.4, -0.2) is 87.8 Å². The molecular formula is C30H42O11. The van der Waals surface area contributed by atoms with Gasteiger partial charge in [-0.05, 0) is 32.8 Å². The Kier molecular flexibility index (Phi) is 7.24. The molecule has 4 fully saturated rings. The van der Waals surface area contributed by atoms with Crippen molar-refractivity contribution in [1.29, 1.82) is 0 Å². The fourth-order valence-corrected chi connectivity index (χ4v) is 8.74. The van der Waals surface area contributed by atoms with E-state index in [9.17, 15) is 34.5 Å². The lowest BCUT2D eigenvalue weighted by atomic mass is 9.37. The molecule has 1 spiro atoms. The number of aliphatic hydroxyl groups is 3. The fourth-order valence-electron chi connectivity index (χ4n) is 8.74. The van der Waals surface area contributed by atoms with Crippen LogP contribution in [0.4, 0.5) is 0 Å². The summed E-state index contributed by atoms with van der Waals surface area (Å²) in [5.41, 5.74) is -3.93. The maximum absolute atomic E-state index is 13.7. The van der Waals surface area contributed by atoms with Crippen LogP contribution in [-0.2, 0) is 38.1 Å². The van der Waals surface area contributed by atoms with Crippen molar-refractivity contribution >= 4 is 23.7 Å². The van der Waals surface area contributed by atoms with E-state index in [1.54, 1.807) is 41.5 Å². The van der Waals surface area contributed by atoms with Gasteiger partial charge in [-0.25, -0.2) is 4.79 Å². The third-order valence-electron chi connectivity index (χ3n) is 11.2. The zero-order valence-corrected chi connectivity index (χ0v) is 24.7. The number of hydrogen-bond acceptors (Lipinski definition) is 11. The Morgan fingerprint density at radius 1 is 1.02 bits per heavy atom. The number of aliphatic hydroxyl groups excluding tert-OH is 3. The lowest BCUT2D eigenvalue weighted by Crippen LogP contribution is -2.81. The zero-order valence-electron chi connectivity index (χ0n) is 24.7. The second kappa shape index (κ2) is 9.86. The first-order chi connectivity index (χ1) is 19.1. The van der Waals surface area contributed by atoms with Crippen LogP contribution in [0.2, 0.25) is 0 Å². The Balaban J connectivity index is 1.75. The van der Waals surface area contributed by atoms with E-state index in [2.05, 4.69) is 0 Å². The van der Waals surface area contributed by atoms with Gasteiger partial charge in [-0.15, -0.1) is 0 Å². The molecular weight excluding hydrogens is 536 g/mol. The smallest absolute Gasteiger partial charge is 0.348 e. The predicted octanol–water partition coefficient (Wildman–Crippen LogP) is 1.10. The van der Waals surface area contributed by atoms with Gasteiger partial charge in [0, 0.05) is 17.3 Å². The van der Waals surface area contributed by atoms with Crippen LogP contribution < -0.4 is 0 Å². The molecule has 2 saturated carbocycles. The number of esters is 3. The van der Waals surface area contributed by atoms with Gasteiger partial charge in [0.15, 0.2) is 5.78 Å². The summed E-state index contributed by atoms with van der Waals surface area (Å²) in [6.45, 7) is 11.7. The predicted molar refractivity (Wildman–Crippen MR) is 141 cm³/mol. The van der Waals surface area contributed by atoms with Gasteiger partial charge in [-0.3, -0.25) is 14.4 Å². The summed E-state index contributed by atoms with van der Waals surface area (Å²) in [5, 5.41) is 34.9. The van der Waals surface area contributed by atoms with Gasteiger partial charge in [0.25, 0.3) is 0 Å². The minimum Gasteiger partial charge on any atom is -0.458 e. The highest BCUT2D eigenvalue weighted by molar-refractivity contribution is 5.96. The standard InChI is InChI=1S/C30H42O11/c1-8-12(3)25(35)39-18-16-14(5)10-15(31)22(33)28(16,6)20-17(32)23(34)29(7)21-19(40-26(36)13(4)9-2)27(37)41-24(18)30(20,21)11-38-29/h10,12-13,16-24,32-34H,8-9,11H2,1-7H3/t12-,13-,16+,17+,18+,19+,20+,21-,22+,23+,24+,28-,29-,30+/m0/s1. The molecule has 2 bridgehead atoms. The normalized spacial score (nSPS) is 47.8. The van der Waals surface area contributed by atoms with Crippen molar-refractivity contribution in [3.63, 3.8) is 0 Å². The summed E-state index contributed by atoms with van der Waals surface area (Å²) in [6.07, 6.45) is -6.29. The molecule has 3 N–H and O–H groups in total. The maximum atomic E-state index is 13.7. The van der Waals surface area contributed by atoms with Gasteiger partial charge >= 0.3 is 17.9 Å². The average molecular weight is 579 g/mol. The quantitative estimate of drug-likeness (QED) is 0.305. The van der Waals surface area contributed by atoms with Crippen molar-refractivity contribution in [1.82, 2.24) is 0 Å². The van der Waals surface area contributed by atoms with Crippen molar-refractivity contribution in [3.05, 3.63) is 11.6 Å². The summed E-state index contributed by atoms with van der Waals surface area (Å²) in [7, 11) is 0. The van der Waals surface area contributed by atoms with Crippen LogP contribution in [0.3, 0.4) is 0 Å². The van der Waals surface area contributed by atoms with Crippen molar-refractivity contribution in [2.75, 3.05) is 6.61 Å². The number of ether oxygens (including phenoxy) is 4. The van der Waals surface area contributed by atoms with Gasteiger partial charge in [-0.2, -0.15) is 0 Å². The monoisotopic (exact) mass is 578 g/mol. The first-order valence-corrected chi connectivity index (χ1v) is 14.6. The van der Waals surface area contributed by atoms with Crippen molar-refractivity contribution in [2.45, 2.75) is 104 Å². The van der Waals surface area contributed by atoms with E-state index >= 15 is 0 Å². The lowest BCUT2D eigenvalue weighted by Gasteiger charge is -2.69. The number of fused-ring (bicyclic) bond motifs is 2. The van der Waals surface area contributed by atoms with E-state index in [1.807, 2.05) is 6.92 Å². The molecule has 5 aliphatic rings. The number of carbonyl (C=O) groups excluding carboxylic acids is 4. The molecule has 5 rings (SSSR count).